The molecule has 7 heteroatoms. The van der Waals surface area contributed by atoms with Crippen LogP contribution in [0.5, 0.6) is 11.5 Å². The summed E-state index contributed by atoms with van der Waals surface area (Å²) >= 11 is 0. The molecule has 0 aliphatic carbocycles. The fourth-order valence-electron chi connectivity index (χ4n) is 4.21. The average molecular weight is 382 g/mol. The normalized spacial score (nSPS) is 36.2. The topological polar surface area (TPSA) is 120 Å². The molecule has 0 spiro atoms. The standard InChI is InChI=1S/C20H30O7/c1-9-10(2)19-12(11(3)15(9)22)5-6-20(4,27-19)7-13-16(23)18(25)17(24)14(8-21)26-13/h13-14,16-18,21-25H,5-8H2,1-4H3/t13-,14-,16-,17-,18-,20?/m1/s1. The Hall–Kier alpha value is -1.38. The van der Waals surface area contributed by atoms with Crippen molar-refractivity contribution < 1.29 is 35.0 Å². The summed E-state index contributed by atoms with van der Waals surface area (Å²) in [4.78, 5) is 0. The lowest BCUT2D eigenvalue weighted by Gasteiger charge is -2.45. The fraction of sp³-hybridized carbons (Fsp3) is 0.700. The summed E-state index contributed by atoms with van der Waals surface area (Å²) in [6, 6.07) is 0. The second-order valence-corrected chi connectivity index (χ2v) is 8.15. The number of phenols is 1. The first kappa shape index (κ1) is 20.4. The monoisotopic (exact) mass is 382 g/mol. The Labute approximate surface area is 159 Å². The predicted molar refractivity (Wildman–Crippen MR) is 98.1 cm³/mol. The SMILES string of the molecule is Cc1c(C)c2c(c(C)c1O)CCC(C)(C[C@H]1O[C@H](CO)[C@@H](O)[C@H](O)[C@@H]1O)O2. The third kappa shape index (κ3) is 3.43. The van der Waals surface area contributed by atoms with Crippen molar-refractivity contribution in [1.29, 1.82) is 0 Å². The quantitative estimate of drug-likeness (QED) is 0.520. The van der Waals surface area contributed by atoms with E-state index < -0.39 is 42.7 Å². The molecule has 1 aromatic rings. The third-order valence-electron chi connectivity index (χ3n) is 6.22. The number of phenolic OH excluding ortho intramolecular Hbond substituents is 1. The molecule has 6 atom stereocenters. The number of ether oxygens (including phenoxy) is 2. The van der Waals surface area contributed by atoms with Gasteiger partial charge in [-0.3, -0.25) is 0 Å². The van der Waals surface area contributed by atoms with Crippen molar-refractivity contribution >= 4 is 0 Å². The van der Waals surface area contributed by atoms with Gasteiger partial charge in [-0.1, -0.05) is 0 Å². The van der Waals surface area contributed by atoms with E-state index in [-0.39, 0.29) is 0 Å². The van der Waals surface area contributed by atoms with E-state index in [1.54, 1.807) is 0 Å². The Bertz CT molecular complexity index is 717. The van der Waals surface area contributed by atoms with Crippen molar-refractivity contribution in [3.8, 4) is 11.5 Å². The minimum atomic E-state index is -1.39. The van der Waals surface area contributed by atoms with E-state index in [1.165, 1.54) is 0 Å². The molecular weight excluding hydrogens is 352 g/mol. The Morgan fingerprint density at radius 3 is 2.22 bits per heavy atom. The van der Waals surface area contributed by atoms with Gasteiger partial charge in [-0.05, 0) is 57.2 Å². The van der Waals surface area contributed by atoms with Crippen LogP contribution in [0, 0.1) is 20.8 Å². The summed E-state index contributed by atoms with van der Waals surface area (Å²) in [5.41, 5.74) is 2.82. The first-order valence-electron chi connectivity index (χ1n) is 9.40. The van der Waals surface area contributed by atoms with E-state index in [2.05, 4.69) is 0 Å². The first-order chi connectivity index (χ1) is 12.6. The lowest BCUT2D eigenvalue weighted by atomic mass is 9.82. The largest absolute Gasteiger partial charge is 0.507 e. The zero-order valence-corrected chi connectivity index (χ0v) is 16.3. The van der Waals surface area contributed by atoms with Gasteiger partial charge in [-0.25, -0.2) is 0 Å². The molecule has 0 amide bonds. The van der Waals surface area contributed by atoms with E-state index in [0.717, 1.165) is 28.0 Å². The van der Waals surface area contributed by atoms with Crippen molar-refractivity contribution in [2.45, 2.75) is 83.1 Å². The lowest BCUT2D eigenvalue weighted by Crippen LogP contribution is -2.60. The van der Waals surface area contributed by atoms with Crippen molar-refractivity contribution in [1.82, 2.24) is 0 Å². The molecule has 0 saturated carbocycles. The smallest absolute Gasteiger partial charge is 0.127 e. The van der Waals surface area contributed by atoms with Crippen LogP contribution in [0.2, 0.25) is 0 Å². The maximum atomic E-state index is 10.3. The van der Waals surface area contributed by atoms with Gasteiger partial charge in [0.15, 0.2) is 0 Å². The second-order valence-electron chi connectivity index (χ2n) is 8.15. The molecule has 27 heavy (non-hydrogen) atoms. The fourth-order valence-corrected chi connectivity index (χ4v) is 4.21. The minimum Gasteiger partial charge on any atom is -0.507 e. The van der Waals surface area contributed by atoms with Crippen LogP contribution in [0.25, 0.3) is 0 Å². The van der Waals surface area contributed by atoms with Crippen LogP contribution >= 0.6 is 0 Å². The molecule has 7 nitrogen and oxygen atoms in total. The van der Waals surface area contributed by atoms with Gasteiger partial charge in [0.2, 0.25) is 0 Å². The molecule has 0 aromatic heterocycles. The highest BCUT2D eigenvalue weighted by molar-refractivity contribution is 5.58. The highest BCUT2D eigenvalue weighted by Crippen LogP contribution is 2.45. The molecule has 2 heterocycles. The maximum Gasteiger partial charge on any atom is 0.127 e. The minimum absolute atomic E-state index is 0.298. The van der Waals surface area contributed by atoms with Crippen LogP contribution in [0.4, 0.5) is 0 Å². The second kappa shape index (κ2) is 7.22. The Balaban J connectivity index is 1.85. The van der Waals surface area contributed by atoms with E-state index in [9.17, 15) is 25.5 Å². The van der Waals surface area contributed by atoms with Crippen molar-refractivity contribution in [2.24, 2.45) is 0 Å². The highest BCUT2D eigenvalue weighted by atomic mass is 16.5. The molecule has 3 rings (SSSR count). The Kier molecular flexibility index (Phi) is 5.44. The molecule has 1 unspecified atom stereocenters. The van der Waals surface area contributed by atoms with Gasteiger partial charge in [-0.2, -0.15) is 0 Å². The number of fused-ring (bicyclic) bond motifs is 1. The van der Waals surface area contributed by atoms with Crippen LogP contribution in [0.15, 0.2) is 0 Å². The number of aliphatic hydroxyl groups is 4. The molecule has 1 fully saturated rings. The molecule has 1 aromatic carbocycles. The summed E-state index contributed by atoms with van der Waals surface area (Å²) in [5.74, 6) is 1.05. The van der Waals surface area contributed by atoms with Gasteiger partial charge in [0, 0.05) is 12.0 Å². The van der Waals surface area contributed by atoms with E-state index in [4.69, 9.17) is 9.47 Å². The summed E-state index contributed by atoms with van der Waals surface area (Å²) in [5, 5.41) is 50.0. The molecule has 152 valence electrons. The van der Waals surface area contributed by atoms with Crippen LogP contribution < -0.4 is 4.74 Å². The number of hydrogen-bond donors (Lipinski definition) is 5. The van der Waals surface area contributed by atoms with Gasteiger partial charge in [0.1, 0.15) is 41.5 Å². The summed E-state index contributed by atoms with van der Waals surface area (Å²) < 4.78 is 12.0. The summed E-state index contributed by atoms with van der Waals surface area (Å²) in [6.07, 6.45) is -4.05. The number of rotatable bonds is 3. The Morgan fingerprint density at radius 1 is 0.963 bits per heavy atom. The third-order valence-corrected chi connectivity index (χ3v) is 6.22. The lowest BCUT2D eigenvalue weighted by molar-refractivity contribution is -0.237. The van der Waals surface area contributed by atoms with Gasteiger partial charge < -0.3 is 35.0 Å². The molecule has 0 radical (unpaired) electrons. The first-order valence-corrected chi connectivity index (χ1v) is 9.40. The van der Waals surface area contributed by atoms with Gasteiger partial charge >= 0.3 is 0 Å². The molecule has 1 saturated heterocycles. The van der Waals surface area contributed by atoms with Crippen molar-refractivity contribution in [3.05, 3.63) is 22.3 Å². The molecular formula is C20H30O7. The highest BCUT2D eigenvalue weighted by Gasteiger charge is 2.47. The van der Waals surface area contributed by atoms with E-state index >= 15 is 0 Å². The van der Waals surface area contributed by atoms with Gasteiger partial charge in [-0.15, -0.1) is 0 Å². The van der Waals surface area contributed by atoms with E-state index in [0.29, 0.717) is 25.0 Å². The average Bonchev–Trinajstić information content (AvgIpc) is 2.65. The van der Waals surface area contributed by atoms with Crippen LogP contribution in [0.1, 0.15) is 42.0 Å². The number of aliphatic hydroxyl groups excluding tert-OH is 4. The summed E-state index contributed by atoms with van der Waals surface area (Å²) in [7, 11) is 0. The summed E-state index contributed by atoms with van der Waals surface area (Å²) in [6.45, 7) is 7.12. The van der Waals surface area contributed by atoms with Crippen LogP contribution in [-0.4, -0.2) is 68.3 Å². The number of hydrogen-bond acceptors (Lipinski definition) is 7. The van der Waals surface area contributed by atoms with Gasteiger partial charge in [0.05, 0.1) is 12.7 Å². The predicted octanol–water partition coefficient (Wildman–Crippen LogP) is 0.634. The number of benzene rings is 1. The van der Waals surface area contributed by atoms with Crippen LogP contribution in [-0.2, 0) is 11.2 Å². The molecule has 5 N–H and O–H groups in total. The Morgan fingerprint density at radius 2 is 1.59 bits per heavy atom. The molecule has 0 bridgehead atoms. The van der Waals surface area contributed by atoms with Crippen LogP contribution in [0.3, 0.4) is 0 Å². The number of aromatic hydroxyl groups is 1. The van der Waals surface area contributed by atoms with Crippen molar-refractivity contribution in [3.63, 3.8) is 0 Å². The molecule has 2 aliphatic rings. The van der Waals surface area contributed by atoms with Crippen molar-refractivity contribution in [2.75, 3.05) is 6.61 Å². The van der Waals surface area contributed by atoms with E-state index in [1.807, 2.05) is 27.7 Å². The molecule has 2 aliphatic heterocycles. The zero-order chi connectivity index (χ0) is 20.1. The van der Waals surface area contributed by atoms with Gasteiger partial charge in [0.25, 0.3) is 0 Å². The maximum absolute atomic E-state index is 10.3. The zero-order valence-electron chi connectivity index (χ0n) is 16.3.